The molecule has 2 N–H and O–H groups in total. The Hall–Kier alpha value is -2.30. The van der Waals surface area contributed by atoms with Gasteiger partial charge in [0.15, 0.2) is 0 Å². The zero-order valence-corrected chi connectivity index (χ0v) is 8.50. The van der Waals surface area contributed by atoms with E-state index in [0.717, 1.165) is 16.6 Å². The molecule has 0 unspecified atom stereocenters. The smallest absolute Gasteiger partial charge is 0.201 e. The van der Waals surface area contributed by atoms with Crippen LogP contribution in [0.3, 0.4) is 0 Å². The average molecular weight is 214 g/mol. The lowest BCUT2D eigenvalue weighted by Crippen LogP contribution is -2.03. The zero-order valence-electron chi connectivity index (χ0n) is 8.50. The van der Waals surface area contributed by atoms with Gasteiger partial charge in [-0.25, -0.2) is 4.98 Å². The highest BCUT2D eigenvalue weighted by molar-refractivity contribution is 5.77. The number of rotatable bonds is 2. The van der Waals surface area contributed by atoms with Crippen molar-refractivity contribution in [3.8, 4) is 0 Å². The van der Waals surface area contributed by atoms with Crippen LogP contribution in [0.25, 0.3) is 11.0 Å². The van der Waals surface area contributed by atoms with Crippen LogP contribution in [0.4, 0.5) is 5.95 Å². The molecule has 0 bridgehead atoms. The first-order valence-electron chi connectivity index (χ1n) is 4.91. The highest BCUT2D eigenvalue weighted by atomic mass is 16.3. The Morgan fingerprint density at radius 3 is 3.12 bits per heavy atom. The Morgan fingerprint density at radius 1 is 1.38 bits per heavy atom. The molecule has 0 spiro atoms. The molecule has 0 amide bonds. The molecule has 3 aromatic rings. The summed E-state index contributed by atoms with van der Waals surface area (Å²) in [5, 5.41) is 0. The molecule has 80 valence electrons. The number of imidazole rings is 1. The van der Waals surface area contributed by atoms with Crippen LogP contribution in [0.1, 0.15) is 5.56 Å². The number of furan rings is 1. The first kappa shape index (κ1) is 8.96. The molecule has 0 saturated heterocycles. The Kier molecular flexibility index (Phi) is 1.89. The maximum atomic E-state index is 5.86. The van der Waals surface area contributed by atoms with Crippen LogP contribution in [0.15, 0.2) is 41.5 Å². The minimum Gasteiger partial charge on any atom is -0.472 e. The number of nitrogens with two attached hydrogens (primary N) is 1. The summed E-state index contributed by atoms with van der Waals surface area (Å²) >= 11 is 0. The third-order valence-electron chi connectivity index (χ3n) is 2.50. The molecular formula is C11H10N4O. The summed E-state index contributed by atoms with van der Waals surface area (Å²) in [4.78, 5) is 8.26. The van der Waals surface area contributed by atoms with Crippen molar-refractivity contribution in [1.82, 2.24) is 14.5 Å². The molecule has 0 fully saturated rings. The van der Waals surface area contributed by atoms with Gasteiger partial charge in [0.2, 0.25) is 5.95 Å². The van der Waals surface area contributed by atoms with Crippen molar-refractivity contribution in [2.75, 3.05) is 5.73 Å². The van der Waals surface area contributed by atoms with Gasteiger partial charge in [0.25, 0.3) is 0 Å². The third kappa shape index (κ3) is 1.33. The van der Waals surface area contributed by atoms with E-state index in [1.54, 1.807) is 24.9 Å². The Labute approximate surface area is 91.5 Å². The standard InChI is InChI=1S/C11H10N4O/c12-11-14-9-5-13-3-1-10(9)15(11)6-8-2-4-16-7-8/h1-5,7H,6H2,(H2,12,14). The summed E-state index contributed by atoms with van der Waals surface area (Å²) in [5.74, 6) is 0.490. The minimum absolute atomic E-state index is 0.490. The monoisotopic (exact) mass is 214 g/mol. The summed E-state index contributed by atoms with van der Waals surface area (Å²) in [5.41, 5.74) is 8.71. The van der Waals surface area contributed by atoms with Gasteiger partial charge in [0, 0.05) is 11.8 Å². The summed E-state index contributed by atoms with van der Waals surface area (Å²) in [6, 6.07) is 3.81. The van der Waals surface area contributed by atoms with Crippen LogP contribution in [-0.2, 0) is 6.54 Å². The molecule has 0 atom stereocenters. The van der Waals surface area contributed by atoms with Crippen molar-refractivity contribution in [2.24, 2.45) is 0 Å². The quantitative estimate of drug-likeness (QED) is 0.704. The van der Waals surface area contributed by atoms with E-state index < -0.39 is 0 Å². The Balaban J connectivity index is 2.12. The van der Waals surface area contributed by atoms with Gasteiger partial charge in [-0.15, -0.1) is 0 Å². The van der Waals surface area contributed by atoms with Crippen molar-refractivity contribution in [1.29, 1.82) is 0 Å². The fourth-order valence-electron chi connectivity index (χ4n) is 1.73. The lowest BCUT2D eigenvalue weighted by atomic mass is 10.3. The second-order valence-corrected chi connectivity index (χ2v) is 3.55. The normalized spacial score (nSPS) is 11.0. The van der Waals surface area contributed by atoms with E-state index in [2.05, 4.69) is 9.97 Å². The number of fused-ring (bicyclic) bond motifs is 1. The van der Waals surface area contributed by atoms with Crippen molar-refractivity contribution in [2.45, 2.75) is 6.54 Å². The van der Waals surface area contributed by atoms with E-state index in [1.165, 1.54) is 0 Å². The summed E-state index contributed by atoms with van der Waals surface area (Å²) in [7, 11) is 0. The van der Waals surface area contributed by atoms with Crippen molar-refractivity contribution >= 4 is 17.0 Å². The van der Waals surface area contributed by atoms with Crippen molar-refractivity contribution < 1.29 is 4.42 Å². The molecule has 5 nitrogen and oxygen atoms in total. The molecule has 0 aromatic carbocycles. The Morgan fingerprint density at radius 2 is 2.31 bits per heavy atom. The predicted octanol–water partition coefficient (Wildman–Crippen LogP) is 1.65. The SMILES string of the molecule is Nc1nc2cnccc2n1Cc1ccoc1. The summed E-state index contributed by atoms with van der Waals surface area (Å²) < 4.78 is 6.96. The molecule has 0 radical (unpaired) electrons. The molecule has 3 rings (SSSR count). The topological polar surface area (TPSA) is 69.9 Å². The van der Waals surface area contributed by atoms with Crippen molar-refractivity contribution in [3.63, 3.8) is 0 Å². The highest BCUT2D eigenvalue weighted by Crippen LogP contribution is 2.18. The van der Waals surface area contributed by atoms with E-state index in [1.807, 2.05) is 16.7 Å². The third-order valence-corrected chi connectivity index (χ3v) is 2.50. The molecule has 3 aromatic heterocycles. The van der Waals surface area contributed by atoms with Crippen LogP contribution < -0.4 is 5.73 Å². The fourth-order valence-corrected chi connectivity index (χ4v) is 1.73. The number of aromatic nitrogens is 3. The number of hydrogen-bond acceptors (Lipinski definition) is 4. The largest absolute Gasteiger partial charge is 0.472 e. The lowest BCUT2D eigenvalue weighted by Gasteiger charge is -2.03. The van der Waals surface area contributed by atoms with Crippen molar-refractivity contribution in [3.05, 3.63) is 42.6 Å². The van der Waals surface area contributed by atoms with Crippen LogP contribution in [0, 0.1) is 0 Å². The van der Waals surface area contributed by atoms with Gasteiger partial charge in [-0.1, -0.05) is 0 Å². The van der Waals surface area contributed by atoms with Gasteiger partial charge in [-0.05, 0) is 12.1 Å². The van der Waals surface area contributed by atoms with Gasteiger partial charge >= 0.3 is 0 Å². The molecule has 3 heterocycles. The second-order valence-electron chi connectivity index (χ2n) is 3.55. The van der Waals surface area contributed by atoms with Crippen LogP contribution in [-0.4, -0.2) is 14.5 Å². The van der Waals surface area contributed by atoms with Gasteiger partial charge in [-0.3, -0.25) is 4.98 Å². The molecular weight excluding hydrogens is 204 g/mol. The first-order chi connectivity index (χ1) is 7.84. The summed E-state index contributed by atoms with van der Waals surface area (Å²) in [6.45, 7) is 0.656. The summed E-state index contributed by atoms with van der Waals surface area (Å²) in [6.07, 6.45) is 6.78. The average Bonchev–Trinajstić information content (AvgIpc) is 2.89. The number of anilines is 1. The molecule has 0 aliphatic carbocycles. The van der Waals surface area contributed by atoms with Gasteiger partial charge in [0.05, 0.1) is 30.8 Å². The highest BCUT2D eigenvalue weighted by Gasteiger charge is 2.08. The van der Waals surface area contributed by atoms with E-state index >= 15 is 0 Å². The van der Waals surface area contributed by atoms with Gasteiger partial charge in [0.1, 0.15) is 5.52 Å². The number of hydrogen-bond donors (Lipinski definition) is 1. The molecule has 16 heavy (non-hydrogen) atoms. The minimum atomic E-state index is 0.490. The second kappa shape index (κ2) is 3.37. The number of nitrogen functional groups attached to an aromatic ring is 1. The fraction of sp³-hybridized carbons (Fsp3) is 0.0909. The van der Waals surface area contributed by atoms with Gasteiger partial charge < -0.3 is 14.7 Å². The zero-order chi connectivity index (χ0) is 11.0. The maximum Gasteiger partial charge on any atom is 0.201 e. The van der Waals surface area contributed by atoms with E-state index in [-0.39, 0.29) is 0 Å². The number of pyridine rings is 1. The first-order valence-corrected chi connectivity index (χ1v) is 4.91. The van der Waals surface area contributed by atoms with Gasteiger partial charge in [-0.2, -0.15) is 0 Å². The lowest BCUT2D eigenvalue weighted by molar-refractivity contribution is 0.562. The maximum absolute atomic E-state index is 5.86. The van der Waals surface area contributed by atoms with E-state index in [9.17, 15) is 0 Å². The van der Waals surface area contributed by atoms with E-state index in [0.29, 0.717) is 12.5 Å². The van der Waals surface area contributed by atoms with Crippen LogP contribution in [0.2, 0.25) is 0 Å². The molecule has 0 aliphatic rings. The van der Waals surface area contributed by atoms with E-state index in [4.69, 9.17) is 10.2 Å². The van der Waals surface area contributed by atoms with Crippen LogP contribution in [0.5, 0.6) is 0 Å². The predicted molar refractivity (Wildman–Crippen MR) is 59.8 cm³/mol. The molecule has 0 aliphatic heterocycles. The number of nitrogens with zero attached hydrogens (tertiary/aromatic N) is 3. The van der Waals surface area contributed by atoms with Crippen LogP contribution >= 0.6 is 0 Å². The molecule has 5 heteroatoms. The molecule has 0 saturated carbocycles. The Bertz CT molecular complexity index is 612.